The van der Waals surface area contributed by atoms with Gasteiger partial charge in [-0.15, -0.1) is 0 Å². The standard InChI is InChI=1S/C14H15NO4/c1-8(2)7-11(14(18)19)15-12(16)9-5-3-4-6-10(9)13(15)17/h3-6,8,11H,7H2,1-2H3,(H,18,19)/p-1/t11-/m1/s1. The van der Waals surface area contributed by atoms with E-state index in [1.807, 2.05) is 13.8 Å². The quantitative estimate of drug-likeness (QED) is 0.736. The van der Waals surface area contributed by atoms with Crippen molar-refractivity contribution in [2.45, 2.75) is 26.3 Å². The summed E-state index contributed by atoms with van der Waals surface area (Å²) in [6.45, 7) is 3.65. The van der Waals surface area contributed by atoms with Gasteiger partial charge < -0.3 is 9.90 Å². The highest BCUT2D eigenvalue weighted by molar-refractivity contribution is 6.22. The van der Waals surface area contributed by atoms with Crippen molar-refractivity contribution in [3.8, 4) is 0 Å². The van der Waals surface area contributed by atoms with Gasteiger partial charge in [-0.05, 0) is 24.5 Å². The Balaban J connectivity index is 2.39. The van der Waals surface area contributed by atoms with Crippen LogP contribution in [0.4, 0.5) is 0 Å². The molecule has 2 rings (SSSR count). The van der Waals surface area contributed by atoms with Crippen LogP contribution >= 0.6 is 0 Å². The summed E-state index contributed by atoms with van der Waals surface area (Å²) < 4.78 is 0. The number of amides is 2. The molecule has 1 heterocycles. The minimum absolute atomic E-state index is 0.0345. The predicted molar refractivity (Wildman–Crippen MR) is 65.2 cm³/mol. The Morgan fingerprint density at radius 3 is 2.00 bits per heavy atom. The lowest BCUT2D eigenvalue weighted by atomic mass is 10.0. The molecule has 0 spiro atoms. The number of hydrogen-bond acceptors (Lipinski definition) is 4. The first-order chi connectivity index (χ1) is 8.93. The van der Waals surface area contributed by atoms with Gasteiger partial charge in [-0.3, -0.25) is 14.5 Å². The fraction of sp³-hybridized carbons (Fsp3) is 0.357. The van der Waals surface area contributed by atoms with E-state index in [9.17, 15) is 19.5 Å². The number of rotatable bonds is 4. The van der Waals surface area contributed by atoms with Gasteiger partial charge in [0.25, 0.3) is 11.8 Å². The minimum atomic E-state index is -1.40. The molecule has 1 aromatic carbocycles. The average molecular weight is 260 g/mol. The van der Waals surface area contributed by atoms with E-state index >= 15 is 0 Å². The van der Waals surface area contributed by atoms with Crippen molar-refractivity contribution in [2.24, 2.45) is 5.92 Å². The van der Waals surface area contributed by atoms with E-state index in [1.54, 1.807) is 12.1 Å². The van der Waals surface area contributed by atoms with E-state index in [4.69, 9.17) is 0 Å². The first-order valence-electron chi connectivity index (χ1n) is 6.11. The molecule has 0 bridgehead atoms. The summed E-state index contributed by atoms with van der Waals surface area (Å²) in [5.74, 6) is -2.48. The van der Waals surface area contributed by atoms with E-state index in [-0.39, 0.29) is 23.5 Å². The Morgan fingerprint density at radius 2 is 1.63 bits per heavy atom. The number of aliphatic carboxylic acids is 1. The second-order valence-electron chi connectivity index (χ2n) is 4.99. The van der Waals surface area contributed by atoms with Gasteiger partial charge in [0.05, 0.1) is 23.1 Å². The van der Waals surface area contributed by atoms with Crippen LogP contribution in [0.3, 0.4) is 0 Å². The monoisotopic (exact) mass is 260 g/mol. The molecule has 5 heteroatoms. The third kappa shape index (κ3) is 2.23. The molecular weight excluding hydrogens is 246 g/mol. The molecule has 1 aromatic rings. The van der Waals surface area contributed by atoms with E-state index in [0.717, 1.165) is 4.90 Å². The SMILES string of the molecule is CC(C)C[C@H](C(=O)[O-])N1C(=O)c2ccccc2C1=O. The third-order valence-corrected chi connectivity index (χ3v) is 3.10. The van der Waals surface area contributed by atoms with Crippen LogP contribution in [-0.4, -0.2) is 28.7 Å². The van der Waals surface area contributed by atoms with Crippen molar-refractivity contribution >= 4 is 17.8 Å². The highest BCUT2D eigenvalue weighted by Crippen LogP contribution is 2.26. The lowest BCUT2D eigenvalue weighted by Gasteiger charge is -2.28. The summed E-state index contributed by atoms with van der Waals surface area (Å²) in [5, 5.41) is 11.2. The molecule has 0 fully saturated rings. The Hall–Kier alpha value is -2.17. The van der Waals surface area contributed by atoms with E-state index in [1.165, 1.54) is 12.1 Å². The molecule has 1 aliphatic heterocycles. The second kappa shape index (κ2) is 4.84. The first kappa shape index (κ1) is 13.3. The molecule has 0 saturated heterocycles. The number of hydrogen-bond donors (Lipinski definition) is 0. The summed E-state index contributed by atoms with van der Waals surface area (Å²) in [4.78, 5) is 36.3. The number of carbonyl (C=O) groups is 3. The van der Waals surface area contributed by atoms with Crippen molar-refractivity contribution in [3.63, 3.8) is 0 Å². The van der Waals surface area contributed by atoms with Gasteiger partial charge in [0.15, 0.2) is 0 Å². The minimum Gasteiger partial charge on any atom is -0.548 e. The normalized spacial score (nSPS) is 15.8. The zero-order valence-corrected chi connectivity index (χ0v) is 10.8. The number of benzene rings is 1. The molecular formula is C14H14NO4-. The van der Waals surface area contributed by atoms with Crippen molar-refractivity contribution in [1.82, 2.24) is 4.90 Å². The van der Waals surface area contributed by atoms with Crippen molar-refractivity contribution in [2.75, 3.05) is 0 Å². The fourth-order valence-electron chi connectivity index (χ4n) is 2.24. The molecule has 5 nitrogen and oxygen atoms in total. The van der Waals surface area contributed by atoms with E-state index in [0.29, 0.717) is 0 Å². The predicted octanol–water partition coefficient (Wildman–Crippen LogP) is 0.447. The number of nitrogens with zero attached hydrogens (tertiary/aromatic N) is 1. The maximum atomic E-state index is 12.1. The largest absolute Gasteiger partial charge is 0.548 e. The van der Waals surface area contributed by atoms with Crippen molar-refractivity contribution < 1.29 is 19.5 Å². The Kier molecular flexibility index (Phi) is 3.38. The summed E-state index contributed by atoms with van der Waals surface area (Å²) in [5.41, 5.74) is 0.505. The van der Waals surface area contributed by atoms with E-state index in [2.05, 4.69) is 0 Å². The van der Waals surface area contributed by atoms with Gasteiger partial charge in [-0.25, -0.2) is 0 Å². The fourth-order valence-corrected chi connectivity index (χ4v) is 2.24. The van der Waals surface area contributed by atoms with E-state index < -0.39 is 23.8 Å². The number of imide groups is 1. The van der Waals surface area contributed by atoms with Gasteiger partial charge >= 0.3 is 0 Å². The molecule has 0 unspecified atom stereocenters. The van der Waals surface area contributed by atoms with Crippen LogP contribution < -0.4 is 5.11 Å². The second-order valence-corrected chi connectivity index (χ2v) is 4.99. The van der Waals surface area contributed by atoms with Gasteiger partial charge in [0.1, 0.15) is 0 Å². The number of carboxylic acid groups (broad SMARTS) is 1. The summed E-state index contributed by atoms with van der Waals surface area (Å²) in [7, 11) is 0. The van der Waals surface area contributed by atoms with Gasteiger partial charge in [0.2, 0.25) is 0 Å². The zero-order chi connectivity index (χ0) is 14.2. The Morgan fingerprint density at radius 1 is 1.16 bits per heavy atom. The lowest BCUT2D eigenvalue weighted by molar-refractivity contribution is -0.310. The average Bonchev–Trinajstić information content (AvgIpc) is 2.60. The molecule has 1 atom stereocenters. The molecule has 0 radical (unpaired) electrons. The van der Waals surface area contributed by atoms with Crippen LogP contribution in [0, 0.1) is 5.92 Å². The van der Waals surface area contributed by atoms with Gasteiger partial charge in [-0.1, -0.05) is 26.0 Å². The first-order valence-corrected chi connectivity index (χ1v) is 6.11. The maximum absolute atomic E-state index is 12.1. The van der Waals surface area contributed by atoms with Gasteiger partial charge in [-0.2, -0.15) is 0 Å². The van der Waals surface area contributed by atoms with Crippen LogP contribution in [0.2, 0.25) is 0 Å². The molecule has 19 heavy (non-hydrogen) atoms. The Bertz CT molecular complexity index is 515. The highest BCUT2D eigenvalue weighted by atomic mass is 16.4. The Labute approximate surface area is 110 Å². The molecule has 0 saturated carbocycles. The maximum Gasteiger partial charge on any atom is 0.262 e. The van der Waals surface area contributed by atoms with Crippen LogP contribution in [0.25, 0.3) is 0 Å². The van der Waals surface area contributed by atoms with Crippen LogP contribution in [0.5, 0.6) is 0 Å². The lowest BCUT2D eigenvalue weighted by Crippen LogP contribution is -2.51. The zero-order valence-electron chi connectivity index (χ0n) is 10.8. The number of carbonyl (C=O) groups excluding carboxylic acids is 3. The molecule has 1 aliphatic rings. The van der Waals surface area contributed by atoms with Gasteiger partial charge in [0, 0.05) is 0 Å². The smallest absolute Gasteiger partial charge is 0.262 e. The molecule has 0 N–H and O–H groups in total. The third-order valence-electron chi connectivity index (χ3n) is 3.10. The van der Waals surface area contributed by atoms with Crippen LogP contribution in [0.1, 0.15) is 41.0 Å². The topological polar surface area (TPSA) is 77.5 Å². The molecule has 0 aromatic heterocycles. The molecule has 0 aliphatic carbocycles. The summed E-state index contributed by atoms with van der Waals surface area (Å²) >= 11 is 0. The summed E-state index contributed by atoms with van der Waals surface area (Å²) in [6.07, 6.45) is 0.188. The number of fused-ring (bicyclic) bond motifs is 1. The molecule has 2 amide bonds. The number of carboxylic acids is 1. The highest BCUT2D eigenvalue weighted by Gasteiger charge is 2.40. The van der Waals surface area contributed by atoms with Crippen LogP contribution in [0.15, 0.2) is 24.3 Å². The van der Waals surface area contributed by atoms with Crippen LogP contribution in [-0.2, 0) is 4.79 Å². The summed E-state index contributed by atoms with van der Waals surface area (Å²) in [6, 6.07) is 5.12. The molecule has 100 valence electrons. The van der Waals surface area contributed by atoms with Crippen molar-refractivity contribution in [3.05, 3.63) is 35.4 Å². The van der Waals surface area contributed by atoms with Crippen molar-refractivity contribution in [1.29, 1.82) is 0 Å².